The number of hydrogen-bond donors (Lipinski definition) is 0. The molecule has 0 spiro atoms. The lowest BCUT2D eigenvalue weighted by molar-refractivity contribution is 0.0723. The third-order valence-electron chi connectivity index (χ3n) is 10.3. The van der Waals surface area contributed by atoms with Gasteiger partial charge < -0.3 is 27.6 Å². The number of rotatable bonds is 15. The van der Waals surface area contributed by atoms with E-state index < -0.39 is 30.0 Å². The second-order valence-corrected chi connectivity index (χ2v) is 16.2. The van der Waals surface area contributed by atoms with Gasteiger partial charge >= 0.3 is 11.9 Å². The van der Waals surface area contributed by atoms with E-state index in [-0.39, 0.29) is 34.5 Å². The molecule has 0 amide bonds. The van der Waals surface area contributed by atoms with Crippen molar-refractivity contribution < 1.29 is 37.2 Å². The molecule has 0 aliphatic rings. The fourth-order valence-corrected chi connectivity index (χ4v) is 8.51. The third-order valence-corrected chi connectivity index (χ3v) is 11.5. The lowest BCUT2D eigenvalue weighted by Crippen LogP contribution is -2.12. The number of para-hydroxylation sites is 4. The van der Waals surface area contributed by atoms with E-state index in [1.165, 1.54) is 0 Å². The Morgan fingerprint density at radius 2 is 0.774 bits per heavy atom. The van der Waals surface area contributed by atoms with Gasteiger partial charge in [-0.15, -0.1) is 0 Å². The summed E-state index contributed by atoms with van der Waals surface area (Å²) in [5, 5.41) is 2.90. The van der Waals surface area contributed by atoms with Crippen molar-refractivity contribution in [2.45, 2.75) is 39.5 Å². The van der Waals surface area contributed by atoms with Gasteiger partial charge in [0.25, 0.3) is 18.1 Å². The molecule has 0 aliphatic carbocycles. The topological polar surface area (TPSA) is 89.5 Å². The zero-order valence-corrected chi connectivity index (χ0v) is 36.6. The Labute approximate surface area is 364 Å². The molecule has 2 unspecified atom stereocenters. The second kappa shape index (κ2) is 19.3. The fourth-order valence-electron chi connectivity index (χ4n) is 7.29. The molecular weight excluding hydrogens is 815 g/mol. The van der Waals surface area contributed by atoms with Crippen LogP contribution in [0.1, 0.15) is 71.4 Å². The molecule has 0 heterocycles. The van der Waals surface area contributed by atoms with Crippen molar-refractivity contribution in [3.8, 4) is 45.6 Å². The Balaban J connectivity index is 1.36. The Morgan fingerprint density at radius 3 is 1.18 bits per heavy atom. The highest BCUT2D eigenvalue weighted by atomic mass is 31.1. The molecule has 8 aromatic carbocycles. The maximum atomic E-state index is 14.5. The van der Waals surface area contributed by atoms with Gasteiger partial charge in [-0.3, -0.25) is 0 Å². The van der Waals surface area contributed by atoms with Gasteiger partial charge in [-0.2, -0.15) is 0 Å². The third kappa shape index (κ3) is 9.28. The largest absolute Gasteiger partial charge is 0.440 e. The number of benzene rings is 8. The predicted molar refractivity (Wildman–Crippen MR) is 250 cm³/mol. The van der Waals surface area contributed by atoms with E-state index >= 15 is 0 Å². The van der Waals surface area contributed by atoms with E-state index in [4.69, 9.17) is 27.6 Å². The molecule has 8 aromatic rings. The minimum absolute atomic E-state index is 0.146. The van der Waals surface area contributed by atoms with Gasteiger partial charge in [0, 0.05) is 11.1 Å². The fraction of sp³-hybridized carbons (Fsp3) is 0.115. The monoisotopic (exact) mass is 858 g/mol. The van der Waals surface area contributed by atoms with Crippen LogP contribution in [0, 0.1) is 0 Å². The number of carbonyl (C=O) groups is 2. The minimum Gasteiger partial charge on any atom is -0.440 e. The highest BCUT2D eigenvalue weighted by molar-refractivity contribution is 7.27. The van der Waals surface area contributed by atoms with Gasteiger partial charge in [0.05, 0.1) is 0 Å². The maximum absolute atomic E-state index is 14.5. The molecule has 62 heavy (non-hydrogen) atoms. The molecule has 8 rings (SSSR count). The molecule has 2 atom stereocenters. The molecule has 0 saturated carbocycles. The minimum atomic E-state index is -0.646. The second-order valence-electron chi connectivity index (χ2n) is 15.1. The van der Waals surface area contributed by atoms with Crippen LogP contribution in [0.3, 0.4) is 0 Å². The predicted octanol–water partition coefficient (Wildman–Crippen LogP) is 14.3. The van der Waals surface area contributed by atoms with Gasteiger partial charge in [0.2, 0.25) is 0 Å². The lowest BCUT2D eigenvalue weighted by Gasteiger charge is -2.23. The van der Waals surface area contributed by atoms with Crippen molar-refractivity contribution in [3.05, 3.63) is 192 Å². The molecule has 0 bridgehead atoms. The zero-order chi connectivity index (χ0) is 43.0. The summed E-state index contributed by atoms with van der Waals surface area (Å²) >= 11 is 0. The molecule has 0 N–H and O–H groups in total. The Hall–Kier alpha value is -6.72. The molecule has 0 saturated heterocycles. The summed E-state index contributed by atoms with van der Waals surface area (Å²) in [6, 6.07) is 52.3. The van der Waals surface area contributed by atoms with E-state index in [0.29, 0.717) is 34.1 Å². The van der Waals surface area contributed by atoms with Gasteiger partial charge in [-0.05, 0) is 93.0 Å². The normalized spacial score (nSPS) is 11.5. The van der Waals surface area contributed by atoms with Crippen molar-refractivity contribution in [1.82, 2.24) is 0 Å². The molecule has 0 radical (unpaired) electrons. The summed E-state index contributed by atoms with van der Waals surface area (Å²) in [6.45, 7) is 8.39. The van der Waals surface area contributed by atoms with E-state index in [0.717, 1.165) is 32.7 Å². The zero-order valence-electron chi connectivity index (χ0n) is 34.6. The molecule has 310 valence electrons. The first-order chi connectivity index (χ1) is 30.3. The SMILES string of the molecule is CC(C)c1ccccc1OPOc1c(C(=O)Oc2ccccc2)cc2ccccc2c1-c1c(OPOc2ccccc2C(C)C)c(C(=O)Oc2ccccc2)cc2ccccc12. The summed E-state index contributed by atoms with van der Waals surface area (Å²) in [7, 11) is -1.18. The Bertz CT molecular complexity index is 2670. The average molecular weight is 859 g/mol. The first-order valence-corrected chi connectivity index (χ1v) is 21.9. The number of fused-ring (bicyclic) bond motifs is 2. The summed E-state index contributed by atoms with van der Waals surface area (Å²) in [5.74, 6) is 1.50. The van der Waals surface area contributed by atoms with Gasteiger partial charge in [0.15, 0.2) is 0 Å². The maximum Gasteiger partial charge on any atom is 0.347 e. The van der Waals surface area contributed by atoms with E-state index in [2.05, 4.69) is 27.7 Å². The van der Waals surface area contributed by atoms with Crippen LogP contribution in [0.2, 0.25) is 0 Å². The summed E-state index contributed by atoms with van der Waals surface area (Å²) in [4.78, 5) is 29.0. The lowest BCUT2D eigenvalue weighted by atomic mass is 9.88. The Morgan fingerprint density at radius 1 is 0.419 bits per heavy atom. The molecule has 10 heteroatoms. The van der Waals surface area contributed by atoms with Crippen LogP contribution in [0.4, 0.5) is 0 Å². The summed E-state index contributed by atoms with van der Waals surface area (Å²) in [6.07, 6.45) is 0. The Kier molecular flexibility index (Phi) is 13.1. The molecule has 0 aliphatic heterocycles. The number of esters is 2. The summed E-state index contributed by atoms with van der Waals surface area (Å²) < 4.78 is 38.3. The number of hydrogen-bond acceptors (Lipinski definition) is 8. The van der Waals surface area contributed by atoms with Crippen LogP contribution >= 0.6 is 18.1 Å². The van der Waals surface area contributed by atoms with Gasteiger partial charge in [0.1, 0.15) is 45.6 Å². The number of carbonyl (C=O) groups excluding carboxylic acids is 2. The molecular formula is C52H44O8P2. The highest BCUT2D eigenvalue weighted by Gasteiger charge is 2.30. The van der Waals surface area contributed by atoms with Crippen LogP contribution < -0.4 is 27.6 Å². The smallest absolute Gasteiger partial charge is 0.347 e. The van der Waals surface area contributed by atoms with E-state index in [1.807, 2.05) is 109 Å². The quantitative estimate of drug-likeness (QED) is 0.0572. The van der Waals surface area contributed by atoms with E-state index in [9.17, 15) is 9.59 Å². The first-order valence-electron chi connectivity index (χ1n) is 20.3. The van der Waals surface area contributed by atoms with Crippen LogP contribution in [0.5, 0.6) is 34.5 Å². The summed E-state index contributed by atoms with van der Waals surface area (Å²) in [5.41, 5.74) is 3.30. The molecule has 8 nitrogen and oxygen atoms in total. The van der Waals surface area contributed by atoms with E-state index in [1.54, 1.807) is 60.7 Å². The van der Waals surface area contributed by atoms with Crippen LogP contribution in [-0.4, -0.2) is 11.9 Å². The highest BCUT2D eigenvalue weighted by Crippen LogP contribution is 2.51. The van der Waals surface area contributed by atoms with Crippen LogP contribution in [-0.2, 0) is 0 Å². The van der Waals surface area contributed by atoms with Gasteiger partial charge in [-0.25, -0.2) is 9.59 Å². The molecule has 0 aromatic heterocycles. The van der Waals surface area contributed by atoms with Crippen molar-refractivity contribution in [1.29, 1.82) is 0 Å². The number of ether oxygens (including phenoxy) is 2. The standard InChI is InChI=1S/C52H44O8P2/c1-33(2)39-25-15-17-29-45(39)57-61-59-49-43(51(53)55-37-21-7-5-8-22-37)31-35-19-11-13-27-41(35)47(49)48-42-28-14-12-20-36(42)32-44(52(54)56-38-23-9-6-10-24-38)50(48)60-62-58-46-30-18-16-26-40(46)34(3)4/h5-34,61-62H,1-4H3. The van der Waals surface area contributed by atoms with Crippen molar-refractivity contribution in [2.75, 3.05) is 0 Å². The first kappa shape index (κ1) is 42.0. The van der Waals surface area contributed by atoms with Crippen LogP contribution in [0.15, 0.2) is 170 Å². The van der Waals surface area contributed by atoms with Crippen molar-refractivity contribution in [3.63, 3.8) is 0 Å². The molecule has 0 fully saturated rings. The van der Waals surface area contributed by atoms with Crippen LogP contribution in [0.25, 0.3) is 32.7 Å². The van der Waals surface area contributed by atoms with Crippen molar-refractivity contribution >= 4 is 51.6 Å². The van der Waals surface area contributed by atoms with Gasteiger partial charge in [-0.1, -0.05) is 149 Å². The average Bonchev–Trinajstić information content (AvgIpc) is 3.29. The van der Waals surface area contributed by atoms with Crippen molar-refractivity contribution in [2.24, 2.45) is 0 Å².